The zero-order valence-corrected chi connectivity index (χ0v) is 15.7. The molecule has 2 aromatic carbocycles. The average molecular weight is 370 g/mol. The predicted molar refractivity (Wildman–Crippen MR) is 108 cm³/mol. The number of ether oxygens (including phenoxy) is 2. The lowest BCUT2D eigenvalue weighted by molar-refractivity contribution is 0.0974. The molecule has 136 valence electrons. The van der Waals surface area contributed by atoms with Crippen molar-refractivity contribution in [1.29, 1.82) is 0 Å². The third-order valence-electron chi connectivity index (χ3n) is 3.27. The predicted octanol–water partition coefficient (Wildman–Crippen LogP) is 4.17. The fourth-order valence-corrected chi connectivity index (χ4v) is 2.36. The summed E-state index contributed by atoms with van der Waals surface area (Å²) < 4.78 is 11.2. The highest BCUT2D eigenvalue weighted by Crippen LogP contribution is 2.24. The molecule has 0 aliphatic carbocycles. The summed E-state index contributed by atoms with van der Waals surface area (Å²) in [5.74, 6) is 0.800. The lowest BCUT2D eigenvalue weighted by Gasteiger charge is -2.15. The summed E-state index contributed by atoms with van der Waals surface area (Å²) in [6, 6.07) is 14.4. The first-order valence-electron chi connectivity index (χ1n) is 8.21. The number of rotatable bonds is 7. The molecule has 0 fully saturated rings. The number of nitrogens with one attached hydrogen (secondary N) is 2. The van der Waals surface area contributed by atoms with E-state index >= 15 is 0 Å². The van der Waals surface area contributed by atoms with E-state index in [4.69, 9.17) is 21.7 Å². The zero-order chi connectivity index (χ0) is 18.9. The summed E-state index contributed by atoms with van der Waals surface area (Å²) in [5.41, 5.74) is 1.99. The minimum Gasteiger partial charge on any atom is -0.493 e. The summed E-state index contributed by atoms with van der Waals surface area (Å²) >= 11 is 5.26. The molecule has 0 aliphatic heterocycles. The maximum atomic E-state index is 12.5. The number of carbonyl (C=O) groups is 1. The Morgan fingerprint density at radius 2 is 1.73 bits per heavy atom. The molecule has 0 spiro atoms. The molecule has 0 bridgehead atoms. The summed E-state index contributed by atoms with van der Waals surface area (Å²) in [4.78, 5) is 12.5. The molecule has 0 atom stereocenters. The second-order valence-electron chi connectivity index (χ2n) is 5.58. The van der Waals surface area contributed by atoms with Gasteiger partial charge in [-0.1, -0.05) is 30.8 Å². The van der Waals surface area contributed by atoms with Gasteiger partial charge in [0.2, 0.25) is 0 Å². The van der Waals surface area contributed by atoms with E-state index in [9.17, 15) is 4.79 Å². The van der Waals surface area contributed by atoms with Crippen molar-refractivity contribution in [1.82, 2.24) is 5.32 Å². The summed E-state index contributed by atoms with van der Waals surface area (Å²) in [5, 5.41) is 5.83. The molecule has 26 heavy (non-hydrogen) atoms. The molecule has 1 amide bonds. The Morgan fingerprint density at radius 3 is 2.42 bits per heavy atom. The van der Waals surface area contributed by atoms with E-state index in [1.54, 1.807) is 18.2 Å². The van der Waals surface area contributed by atoms with Crippen LogP contribution < -0.4 is 20.1 Å². The van der Waals surface area contributed by atoms with Crippen LogP contribution in [0, 0.1) is 0 Å². The van der Waals surface area contributed by atoms with Gasteiger partial charge in [-0.2, -0.15) is 0 Å². The van der Waals surface area contributed by atoms with Gasteiger partial charge in [0.25, 0.3) is 5.91 Å². The van der Waals surface area contributed by atoms with Crippen molar-refractivity contribution in [3.63, 3.8) is 0 Å². The van der Waals surface area contributed by atoms with E-state index < -0.39 is 0 Å². The van der Waals surface area contributed by atoms with Gasteiger partial charge in [-0.25, -0.2) is 0 Å². The summed E-state index contributed by atoms with van der Waals surface area (Å²) in [7, 11) is 0. The summed E-state index contributed by atoms with van der Waals surface area (Å²) in [6.07, 6.45) is 0. The second kappa shape index (κ2) is 9.58. The van der Waals surface area contributed by atoms with Crippen LogP contribution in [0.2, 0.25) is 0 Å². The zero-order valence-electron chi connectivity index (χ0n) is 14.9. The van der Waals surface area contributed by atoms with Crippen molar-refractivity contribution in [2.75, 3.05) is 18.5 Å². The van der Waals surface area contributed by atoms with E-state index in [0.29, 0.717) is 36.0 Å². The van der Waals surface area contributed by atoms with Crippen molar-refractivity contribution in [2.24, 2.45) is 0 Å². The number of carbonyl (C=O) groups excluding carboxylic acids is 1. The largest absolute Gasteiger partial charge is 0.493 e. The lowest BCUT2D eigenvalue weighted by atomic mass is 10.2. The molecule has 0 radical (unpaired) electrons. The Kier molecular flexibility index (Phi) is 7.17. The maximum absolute atomic E-state index is 12.5. The molecular weight excluding hydrogens is 348 g/mol. The van der Waals surface area contributed by atoms with Crippen LogP contribution in [0.4, 0.5) is 5.69 Å². The molecule has 0 aliphatic rings. The van der Waals surface area contributed by atoms with Gasteiger partial charge in [-0.05, 0) is 55.9 Å². The van der Waals surface area contributed by atoms with Crippen LogP contribution in [-0.4, -0.2) is 24.2 Å². The van der Waals surface area contributed by atoms with Gasteiger partial charge in [0, 0.05) is 0 Å². The first-order chi connectivity index (χ1) is 12.5. The highest BCUT2D eigenvalue weighted by atomic mass is 32.1. The fourth-order valence-electron chi connectivity index (χ4n) is 2.16. The Balaban J connectivity index is 2.05. The molecule has 6 heteroatoms. The van der Waals surface area contributed by atoms with Crippen LogP contribution in [0.3, 0.4) is 0 Å². The molecule has 0 unspecified atom stereocenters. The third kappa shape index (κ3) is 5.60. The van der Waals surface area contributed by atoms with Crippen LogP contribution in [0.15, 0.2) is 60.7 Å². The number of amides is 1. The van der Waals surface area contributed by atoms with Crippen molar-refractivity contribution in [3.05, 3.63) is 66.2 Å². The quantitative estimate of drug-likeness (QED) is 0.566. The van der Waals surface area contributed by atoms with E-state index in [1.165, 1.54) is 0 Å². The van der Waals surface area contributed by atoms with Crippen LogP contribution in [0.25, 0.3) is 0 Å². The number of hydrogen-bond acceptors (Lipinski definition) is 4. The monoisotopic (exact) mass is 370 g/mol. The van der Waals surface area contributed by atoms with Gasteiger partial charge in [0.1, 0.15) is 18.1 Å². The molecule has 0 heterocycles. The molecule has 2 N–H and O–H groups in total. The number of anilines is 1. The lowest BCUT2D eigenvalue weighted by Crippen LogP contribution is -2.34. The fraction of sp³-hybridized carbons (Fsp3) is 0.200. The number of thiocarbonyl (C=S) groups is 1. The van der Waals surface area contributed by atoms with Crippen LogP contribution in [0.5, 0.6) is 11.5 Å². The number of benzene rings is 2. The maximum Gasteiger partial charge on any atom is 0.261 e. The summed E-state index contributed by atoms with van der Waals surface area (Å²) in [6.45, 7) is 8.44. The molecule has 5 nitrogen and oxygen atoms in total. The van der Waals surface area contributed by atoms with Crippen molar-refractivity contribution < 1.29 is 14.3 Å². The second-order valence-corrected chi connectivity index (χ2v) is 5.99. The van der Waals surface area contributed by atoms with Crippen LogP contribution in [0.1, 0.15) is 24.2 Å². The van der Waals surface area contributed by atoms with Gasteiger partial charge in [0.05, 0.1) is 17.9 Å². The van der Waals surface area contributed by atoms with Crippen LogP contribution >= 0.6 is 12.2 Å². The third-order valence-corrected chi connectivity index (χ3v) is 3.47. The van der Waals surface area contributed by atoms with E-state index in [1.807, 2.05) is 44.2 Å². The molecule has 2 aromatic rings. The van der Waals surface area contributed by atoms with Crippen molar-refractivity contribution in [2.45, 2.75) is 13.8 Å². The van der Waals surface area contributed by atoms with Gasteiger partial charge in [-0.3, -0.25) is 10.1 Å². The smallest absolute Gasteiger partial charge is 0.261 e. The van der Waals surface area contributed by atoms with Crippen molar-refractivity contribution >= 4 is 28.9 Å². The van der Waals surface area contributed by atoms with E-state index in [0.717, 1.165) is 5.57 Å². The SMILES string of the molecule is C=C(C)COc1ccccc1NC(=S)NC(=O)c1ccccc1OCC. The number of hydrogen-bond donors (Lipinski definition) is 2. The minimum absolute atomic E-state index is 0.174. The van der Waals surface area contributed by atoms with Gasteiger partial charge in [0.15, 0.2) is 5.11 Å². The minimum atomic E-state index is -0.341. The van der Waals surface area contributed by atoms with Gasteiger partial charge in [-0.15, -0.1) is 0 Å². The average Bonchev–Trinajstić information content (AvgIpc) is 2.61. The Hall–Kier alpha value is -2.86. The first-order valence-corrected chi connectivity index (χ1v) is 8.62. The molecule has 0 aromatic heterocycles. The van der Waals surface area contributed by atoms with Crippen molar-refractivity contribution in [3.8, 4) is 11.5 Å². The molecule has 0 saturated carbocycles. The molecule has 2 rings (SSSR count). The highest BCUT2D eigenvalue weighted by molar-refractivity contribution is 7.80. The Labute approximate surface area is 159 Å². The standard InChI is InChI=1S/C20H22N2O3S/c1-4-24-17-11-7-5-9-15(17)19(23)22-20(26)21-16-10-6-8-12-18(16)25-13-14(2)3/h5-12H,2,4,13H2,1,3H3,(H2,21,22,23,26). The van der Waals surface area contributed by atoms with E-state index in [-0.39, 0.29) is 11.0 Å². The van der Waals surface area contributed by atoms with Crippen LogP contribution in [-0.2, 0) is 0 Å². The van der Waals surface area contributed by atoms with Gasteiger partial charge < -0.3 is 14.8 Å². The molecule has 0 saturated heterocycles. The molecular formula is C20H22N2O3S. The topological polar surface area (TPSA) is 59.6 Å². The highest BCUT2D eigenvalue weighted by Gasteiger charge is 2.14. The van der Waals surface area contributed by atoms with E-state index in [2.05, 4.69) is 17.2 Å². The first kappa shape index (κ1) is 19.5. The normalized spacial score (nSPS) is 9.92. The van der Waals surface area contributed by atoms with Gasteiger partial charge >= 0.3 is 0 Å². The number of para-hydroxylation sites is 3. The Bertz CT molecular complexity index is 805. The Morgan fingerprint density at radius 1 is 1.08 bits per heavy atom.